The predicted molar refractivity (Wildman–Crippen MR) is 102 cm³/mol. The highest BCUT2D eigenvalue weighted by atomic mass is 32.2. The molecule has 146 valence electrons. The van der Waals surface area contributed by atoms with Crippen molar-refractivity contribution < 1.29 is 27.5 Å². The molecule has 3 rings (SSSR count). The number of hydrogen-bond acceptors (Lipinski definition) is 6. The highest BCUT2D eigenvalue weighted by molar-refractivity contribution is 7.90. The zero-order chi connectivity index (χ0) is 20.5. The van der Waals surface area contributed by atoms with E-state index in [0.717, 1.165) is 6.26 Å². The summed E-state index contributed by atoms with van der Waals surface area (Å²) in [5.74, 6) is -1.89. The van der Waals surface area contributed by atoms with Gasteiger partial charge in [0.05, 0.1) is 21.8 Å². The van der Waals surface area contributed by atoms with Gasteiger partial charge in [0.25, 0.3) is 5.91 Å². The topological polar surface area (TPSA) is 110 Å². The Labute approximate surface area is 162 Å². The molecule has 2 aromatic carbocycles. The van der Waals surface area contributed by atoms with Crippen molar-refractivity contribution in [2.75, 3.05) is 23.0 Å². The van der Waals surface area contributed by atoms with Crippen LogP contribution in [-0.2, 0) is 24.2 Å². The Balaban J connectivity index is 1.83. The number of anilines is 2. The van der Waals surface area contributed by atoms with Crippen molar-refractivity contribution in [2.45, 2.75) is 17.9 Å². The van der Waals surface area contributed by atoms with Gasteiger partial charge in [0.1, 0.15) is 6.54 Å². The second-order valence-electron chi connectivity index (χ2n) is 6.31. The van der Waals surface area contributed by atoms with E-state index >= 15 is 0 Å². The van der Waals surface area contributed by atoms with Crippen molar-refractivity contribution in [3.05, 3.63) is 54.1 Å². The Morgan fingerprint density at radius 1 is 1.11 bits per heavy atom. The van der Waals surface area contributed by atoms with E-state index in [1.807, 2.05) is 0 Å². The molecule has 0 saturated carbocycles. The summed E-state index contributed by atoms with van der Waals surface area (Å²) in [6.45, 7) is 1.16. The summed E-state index contributed by atoms with van der Waals surface area (Å²) >= 11 is 0. The molecule has 8 nitrogen and oxygen atoms in total. The molecule has 1 N–H and O–H groups in total. The van der Waals surface area contributed by atoms with Gasteiger partial charge in [-0.05, 0) is 31.2 Å². The van der Waals surface area contributed by atoms with Gasteiger partial charge in [-0.2, -0.15) is 0 Å². The molecule has 0 fully saturated rings. The predicted octanol–water partition coefficient (Wildman–Crippen LogP) is 1.62. The van der Waals surface area contributed by atoms with Crippen molar-refractivity contribution in [3.8, 4) is 0 Å². The Kier molecular flexibility index (Phi) is 5.19. The second kappa shape index (κ2) is 7.43. The number of carbonyl (C=O) groups is 3. The number of rotatable bonds is 4. The highest BCUT2D eigenvalue weighted by Crippen LogP contribution is 2.29. The first kappa shape index (κ1) is 19.6. The number of hydrogen-bond donors (Lipinski definition) is 1. The molecule has 1 aliphatic heterocycles. The lowest BCUT2D eigenvalue weighted by molar-refractivity contribution is -0.128. The third-order valence-corrected chi connectivity index (χ3v) is 5.33. The van der Waals surface area contributed by atoms with Gasteiger partial charge in [-0.25, -0.2) is 13.2 Å². The number of nitrogens with one attached hydrogen (secondary N) is 1. The molecular weight excluding hydrogens is 384 g/mol. The number of para-hydroxylation sites is 2. The molecule has 1 atom stereocenters. The third-order valence-electron chi connectivity index (χ3n) is 4.17. The zero-order valence-corrected chi connectivity index (χ0v) is 16.0. The van der Waals surface area contributed by atoms with Crippen LogP contribution in [0.15, 0.2) is 53.4 Å². The Hall–Kier alpha value is -3.20. The summed E-state index contributed by atoms with van der Waals surface area (Å²) in [6.07, 6.45) is -0.240. The summed E-state index contributed by atoms with van der Waals surface area (Å²) in [5.41, 5.74) is 0.820. The molecule has 1 heterocycles. The molecule has 0 radical (unpaired) electrons. The van der Waals surface area contributed by atoms with E-state index in [0.29, 0.717) is 11.4 Å². The summed E-state index contributed by atoms with van der Waals surface area (Å²) in [5, 5.41) is 2.67. The second-order valence-corrected chi connectivity index (χ2v) is 8.29. The SMILES string of the molecule is C[C@@H](OC(=O)c1ccccc1S(C)(=O)=O)C(=O)N1CC(=O)Nc2ccccc21. The number of esters is 1. The normalized spacial score (nSPS) is 14.6. The standard InChI is InChI=1S/C19H18N2O6S/c1-12(27-19(24)13-7-3-6-10-16(13)28(2,25)26)18(23)21-11-17(22)20-14-8-4-5-9-15(14)21/h3-10,12H,11H2,1-2H3,(H,20,22)/t12-/m1/s1. The molecule has 28 heavy (non-hydrogen) atoms. The highest BCUT2D eigenvalue weighted by Gasteiger charge is 2.32. The molecule has 0 spiro atoms. The molecule has 1 aliphatic rings. The number of nitrogens with zero attached hydrogens (tertiary/aromatic N) is 1. The van der Waals surface area contributed by atoms with E-state index in [2.05, 4.69) is 5.32 Å². The summed E-state index contributed by atoms with van der Waals surface area (Å²) in [6, 6.07) is 12.4. The fraction of sp³-hybridized carbons (Fsp3) is 0.211. The average molecular weight is 402 g/mol. The fourth-order valence-electron chi connectivity index (χ4n) is 2.88. The summed E-state index contributed by atoms with van der Waals surface area (Å²) in [7, 11) is -3.65. The van der Waals surface area contributed by atoms with E-state index in [4.69, 9.17) is 4.74 Å². The molecular formula is C19H18N2O6S. The number of fused-ring (bicyclic) bond motifs is 1. The largest absolute Gasteiger partial charge is 0.449 e. The Morgan fingerprint density at radius 2 is 1.75 bits per heavy atom. The van der Waals surface area contributed by atoms with Crippen LogP contribution in [0, 0.1) is 0 Å². The third kappa shape index (κ3) is 3.89. The van der Waals surface area contributed by atoms with Crippen LogP contribution < -0.4 is 10.2 Å². The molecule has 0 aliphatic carbocycles. The molecule has 9 heteroatoms. The van der Waals surface area contributed by atoms with Crippen LogP contribution in [0.5, 0.6) is 0 Å². The van der Waals surface area contributed by atoms with Gasteiger partial charge >= 0.3 is 5.97 Å². The molecule has 0 unspecified atom stereocenters. The molecule has 2 aromatic rings. The van der Waals surface area contributed by atoms with E-state index in [1.54, 1.807) is 24.3 Å². The van der Waals surface area contributed by atoms with Crippen LogP contribution in [0.2, 0.25) is 0 Å². The Bertz CT molecular complexity index is 1060. The molecule has 0 aromatic heterocycles. The lowest BCUT2D eigenvalue weighted by atomic mass is 10.1. The number of benzene rings is 2. The number of amides is 2. The molecule has 2 amide bonds. The summed E-state index contributed by atoms with van der Waals surface area (Å²) in [4.78, 5) is 38.2. The minimum atomic E-state index is -3.65. The zero-order valence-electron chi connectivity index (χ0n) is 15.2. The van der Waals surface area contributed by atoms with Gasteiger partial charge in [0.15, 0.2) is 15.9 Å². The van der Waals surface area contributed by atoms with Crippen LogP contribution >= 0.6 is 0 Å². The molecule has 0 bridgehead atoms. The van der Waals surface area contributed by atoms with E-state index < -0.39 is 27.8 Å². The van der Waals surface area contributed by atoms with Gasteiger partial charge in [-0.1, -0.05) is 24.3 Å². The van der Waals surface area contributed by atoms with Crippen LogP contribution in [-0.4, -0.2) is 45.1 Å². The van der Waals surface area contributed by atoms with E-state index in [-0.39, 0.29) is 22.9 Å². The lowest BCUT2D eigenvalue weighted by Crippen LogP contribution is -2.47. The minimum absolute atomic E-state index is 0.151. The fourth-order valence-corrected chi connectivity index (χ4v) is 3.76. The number of ether oxygens (including phenoxy) is 1. The average Bonchev–Trinajstić information content (AvgIpc) is 2.65. The van der Waals surface area contributed by atoms with Crippen molar-refractivity contribution >= 4 is 39.0 Å². The van der Waals surface area contributed by atoms with Gasteiger partial charge < -0.3 is 10.1 Å². The van der Waals surface area contributed by atoms with Crippen LogP contribution in [0.25, 0.3) is 0 Å². The van der Waals surface area contributed by atoms with Crippen molar-refractivity contribution in [2.24, 2.45) is 0 Å². The quantitative estimate of drug-likeness (QED) is 0.779. The van der Waals surface area contributed by atoms with Gasteiger partial charge in [0, 0.05) is 6.26 Å². The monoisotopic (exact) mass is 402 g/mol. The van der Waals surface area contributed by atoms with Gasteiger partial charge in [-0.3, -0.25) is 14.5 Å². The van der Waals surface area contributed by atoms with Gasteiger partial charge in [-0.15, -0.1) is 0 Å². The van der Waals surface area contributed by atoms with Crippen molar-refractivity contribution in [3.63, 3.8) is 0 Å². The lowest BCUT2D eigenvalue weighted by Gasteiger charge is -2.30. The summed E-state index contributed by atoms with van der Waals surface area (Å²) < 4.78 is 29.0. The first-order valence-corrected chi connectivity index (χ1v) is 10.3. The number of sulfone groups is 1. The smallest absolute Gasteiger partial charge is 0.340 e. The maximum Gasteiger partial charge on any atom is 0.340 e. The van der Waals surface area contributed by atoms with Gasteiger partial charge in [0.2, 0.25) is 5.91 Å². The van der Waals surface area contributed by atoms with E-state index in [9.17, 15) is 22.8 Å². The van der Waals surface area contributed by atoms with Crippen molar-refractivity contribution in [1.29, 1.82) is 0 Å². The first-order chi connectivity index (χ1) is 13.2. The Morgan fingerprint density at radius 3 is 2.46 bits per heavy atom. The van der Waals surface area contributed by atoms with Crippen LogP contribution in [0.1, 0.15) is 17.3 Å². The molecule has 0 saturated heterocycles. The maximum atomic E-state index is 12.8. The maximum absolute atomic E-state index is 12.8. The minimum Gasteiger partial charge on any atom is -0.449 e. The number of carbonyl (C=O) groups excluding carboxylic acids is 3. The van der Waals surface area contributed by atoms with E-state index in [1.165, 1.54) is 36.1 Å². The van der Waals surface area contributed by atoms with Crippen LogP contribution in [0.4, 0.5) is 11.4 Å². The van der Waals surface area contributed by atoms with Crippen molar-refractivity contribution in [1.82, 2.24) is 0 Å². The van der Waals surface area contributed by atoms with Crippen LogP contribution in [0.3, 0.4) is 0 Å². The first-order valence-electron chi connectivity index (χ1n) is 8.39.